The third kappa shape index (κ3) is 4.59. The van der Waals surface area contributed by atoms with Crippen molar-refractivity contribution >= 4 is 87.5 Å². The molecule has 8 aromatic carbocycles. The van der Waals surface area contributed by atoms with Gasteiger partial charge >= 0.3 is 0 Å². The predicted octanol–water partition coefficient (Wildman–Crippen LogP) is 14.2. The molecular weight excluding hydrogens is 763 g/mol. The van der Waals surface area contributed by atoms with Gasteiger partial charge < -0.3 is 18.0 Å². The predicted molar refractivity (Wildman–Crippen MR) is 248 cm³/mol. The minimum Gasteiger partial charge on any atom is -0.455 e. The molecule has 0 saturated heterocycles. The van der Waals surface area contributed by atoms with E-state index in [0.29, 0.717) is 11.1 Å². The zero-order valence-corrected chi connectivity index (χ0v) is 32.8. The lowest BCUT2D eigenvalue weighted by atomic mass is 9.90. The Bertz CT molecular complexity index is 4130. The van der Waals surface area contributed by atoms with Gasteiger partial charge in [0.1, 0.15) is 22.3 Å². The first-order valence-electron chi connectivity index (χ1n) is 20.4. The van der Waals surface area contributed by atoms with Crippen LogP contribution in [0.1, 0.15) is 11.1 Å². The van der Waals surface area contributed by atoms with E-state index in [4.69, 9.17) is 8.83 Å². The van der Waals surface area contributed by atoms with Crippen LogP contribution in [0.2, 0.25) is 0 Å². The molecule has 0 aliphatic carbocycles. The van der Waals surface area contributed by atoms with Gasteiger partial charge in [-0.3, -0.25) is 4.98 Å². The number of nitrogens with zero attached hydrogens (tertiary/aromatic N) is 5. The van der Waals surface area contributed by atoms with E-state index in [1.165, 1.54) is 0 Å². The Morgan fingerprint density at radius 2 is 1.02 bits per heavy atom. The zero-order valence-electron chi connectivity index (χ0n) is 32.8. The molecule has 0 spiro atoms. The topological polar surface area (TPSA) is 96.6 Å². The van der Waals surface area contributed by atoms with Crippen LogP contribution in [-0.2, 0) is 0 Å². The largest absolute Gasteiger partial charge is 0.455 e. The molecule has 7 heteroatoms. The third-order valence-electron chi connectivity index (χ3n) is 12.5. The first kappa shape index (κ1) is 34.0. The van der Waals surface area contributed by atoms with Crippen LogP contribution in [0.15, 0.2) is 185 Å². The van der Waals surface area contributed by atoms with Gasteiger partial charge in [-0.05, 0) is 90.5 Å². The number of fused-ring (bicyclic) bond motifs is 14. The number of benzene rings is 8. The summed E-state index contributed by atoms with van der Waals surface area (Å²) >= 11 is 0. The van der Waals surface area contributed by atoms with E-state index in [2.05, 4.69) is 105 Å². The minimum atomic E-state index is 0.507. The lowest BCUT2D eigenvalue weighted by Gasteiger charge is -2.22. The molecule has 0 aliphatic heterocycles. The Balaban J connectivity index is 1.20. The lowest BCUT2D eigenvalue weighted by molar-refractivity contribution is 0.672. The van der Waals surface area contributed by atoms with Gasteiger partial charge in [0.05, 0.1) is 67.5 Å². The first-order valence-corrected chi connectivity index (χ1v) is 20.4. The number of aromatic nitrogens is 3. The summed E-state index contributed by atoms with van der Waals surface area (Å²) in [6, 6.07) is 60.4. The third-order valence-corrected chi connectivity index (χ3v) is 12.5. The molecule has 0 amide bonds. The summed E-state index contributed by atoms with van der Waals surface area (Å²) in [6.45, 7) is 0. The van der Waals surface area contributed by atoms with Crippen molar-refractivity contribution in [2.75, 3.05) is 0 Å². The molecule has 0 N–H and O–H groups in total. The standard InChI is InChI=1S/C55H29N5O2/c56-30-32-17-22-45(59-43-13-5-1-11-40(43)51-46(59)23-20-38-35-9-3-7-15-48(35)61-54(38)51)42(29-32)37-19-18-34(31-57)50(33-25-27-58-28-26-33)53(37)60-44-14-6-2-12-41(44)52-47(60)24-21-39-36-10-4-8-16-49(36)62-55(39)52/h1-29H. The van der Waals surface area contributed by atoms with Crippen LogP contribution in [0.25, 0.3) is 121 Å². The van der Waals surface area contributed by atoms with E-state index in [9.17, 15) is 10.5 Å². The number of hydrogen-bond acceptors (Lipinski definition) is 5. The van der Waals surface area contributed by atoms with Crippen LogP contribution < -0.4 is 0 Å². The number of furan rings is 2. The number of nitriles is 2. The highest BCUT2D eigenvalue weighted by molar-refractivity contribution is 6.25. The van der Waals surface area contributed by atoms with Crippen LogP contribution in [0.4, 0.5) is 0 Å². The van der Waals surface area contributed by atoms with Gasteiger partial charge in [-0.2, -0.15) is 10.5 Å². The van der Waals surface area contributed by atoms with Crippen molar-refractivity contribution in [3.8, 4) is 45.8 Å². The maximum Gasteiger partial charge on any atom is 0.145 e. The average molecular weight is 792 g/mol. The van der Waals surface area contributed by atoms with E-state index in [1.54, 1.807) is 12.4 Å². The fraction of sp³-hybridized carbons (Fsp3) is 0. The Labute approximate surface area is 352 Å². The molecule has 0 atom stereocenters. The summed E-state index contributed by atoms with van der Waals surface area (Å²) in [5.41, 5.74) is 13.1. The normalized spacial score (nSPS) is 11.8. The molecule has 7 nitrogen and oxygen atoms in total. The Morgan fingerprint density at radius 1 is 0.452 bits per heavy atom. The highest BCUT2D eigenvalue weighted by atomic mass is 16.3. The Kier molecular flexibility index (Phi) is 7.02. The van der Waals surface area contributed by atoms with Crippen molar-refractivity contribution in [1.29, 1.82) is 10.5 Å². The second kappa shape index (κ2) is 12.8. The monoisotopic (exact) mass is 791 g/mol. The average Bonchev–Trinajstić information content (AvgIpc) is 4.09. The van der Waals surface area contributed by atoms with Gasteiger partial charge in [0, 0.05) is 61.4 Å². The van der Waals surface area contributed by atoms with Crippen molar-refractivity contribution < 1.29 is 8.83 Å². The van der Waals surface area contributed by atoms with E-state index in [1.807, 2.05) is 84.9 Å². The molecule has 286 valence electrons. The quantitative estimate of drug-likeness (QED) is 0.177. The number of rotatable bonds is 4. The molecular formula is C55H29N5O2. The zero-order chi connectivity index (χ0) is 41.1. The van der Waals surface area contributed by atoms with Crippen molar-refractivity contribution in [3.63, 3.8) is 0 Å². The van der Waals surface area contributed by atoms with E-state index in [-0.39, 0.29) is 0 Å². The molecule has 13 rings (SSSR count). The molecule has 0 radical (unpaired) electrons. The minimum absolute atomic E-state index is 0.507. The maximum absolute atomic E-state index is 10.9. The molecule has 0 saturated carbocycles. The maximum atomic E-state index is 10.9. The summed E-state index contributed by atoms with van der Waals surface area (Å²) < 4.78 is 17.9. The fourth-order valence-electron chi connectivity index (χ4n) is 9.93. The lowest BCUT2D eigenvalue weighted by Crippen LogP contribution is -2.05. The van der Waals surface area contributed by atoms with E-state index >= 15 is 0 Å². The molecule has 5 aromatic heterocycles. The molecule has 62 heavy (non-hydrogen) atoms. The molecule has 13 aromatic rings. The highest BCUT2D eigenvalue weighted by Crippen LogP contribution is 2.48. The smallest absolute Gasteiger partial charge is 0.145 e. The first-order chi connectivity index (χ1) is 30.7. The van der Waals surface area contributed by atoms with Crippen LogP contribution in [-0.4, -0.2) is 14.1 Å². The van der Waals surface area contributed by atoms with Gasteiger partial charge in [0.25, 0.3) is 0 Å². The molecule has 0 unspecified atom stereocenters. The Morgan fingerprint density at radius 3 is 1.63 bits per heavy atom. The van der Waals surface area contributed by atoms with Gasteiger partial charge in [-0.15, -0.1) is 0 Å². The van der Waals surface area contributed by atoms with Crippen molar-refractivity contribution in [2.24, 2.45) is 0 Å². The highest BCUT2D eigenvalue weighted by Gasteiger charge is 2.27. The van der Waals surface area contributed by atoms with E-state index < -0.39 is 0 Å². The van der Waals surface area contributed by atoms with Gasteiger partial charge in [-0.1, -0.05) is 78.9 Å². The summed E-state index contributed by atoms with van der Waals surface area (Å²) in [7, 11) is 0. The number of pyridine rings is 1. The second-order valence-corrected chi connectivity index (χ2v) is 15.7. The van der Waals surface area contributed by atoms with E-state index in [0.717, 1.165) is 121 Å². The molecule has 0 aliphatic rings. The van der Waals surface area contributed by atoms with Crippen LogP contribution in [0.5, 0.6) is 0 Å². The molecule has 0 bridgehead atoms. The Hall–Kier alpha value is -8.91. The number of para-hydroxylation sites is 4. The summed E-state index contributed by atoms with van der Waals surface area (Å²) in [4.78, 5) is 4.37. The second-order valence-electron chi connectivity index (χ2n) is 15.7. The van der Waals surface area contributed by atoms with Gasteiger partial charge in [0.2, 0.25) is 0 Å². The van der Waals surface area contributed by atoms with Crippen molar-refractivity contribution in [3.05, 3.63) is 187 Å². The number of hydrogen-bond donors (Lipinski definition) is 0. The van der Waals surface area contributed by atoms with Gasteiger partial charge in [0.15, 0.2) is 0 Å². The van der Waals surface area contributed by atoms with Gasteiger partial charge in [-0.25, -0.2) is 0 Å². The molecule has 0 fully saturated rings. The van der Waals surface area contributed by atoms with Crippen molar-refractivity contribution in [1.82, 2.24) is 14.1 Å². The van der Waals surface area contributed by atoms with Crippen LogP contribution in [0, 0.1) is 22.7 Å². The van der Waals surface area contributed by atoms with Crippen LogP contribution >= 0.6 is 0 Å². The molecule has 5 heterocycles. The van der Waals surface area contributed by atoms with Crippen molar-refractivity contribution in [2.45, 2.75) is 0 Å². The summed E-state index contributed by atoms with van der Waals surface area (Å²) in [6.07, 6.45) is 3.52. The van der Waals surface area contributed by atoms with Crippen LogP contribution in [0.3, 0.4) is 0 Å². The fourth-order valence-corrected chi connectivity index (χ4v) is 9.93. The SMILES string of the molecule is N#Cc1ccc(-n2c3ccccc3c3c4oc5ccccc5c4ccc32)c(-c2ccc(C#N)c(-c3ccncc3)c2-n2c3ccccc3c3c4oc5ccccc5c4ccc32)c1. The summed E-state index contributed by atoms with van der Waals surface area (Å²) in [5.74, 6) is 0. The summed E-state index contributed by atoms with van der Waals surface area (Å²) in [5, 5.41) is 29.7.